The topological polar surface area (TPSA) is 108 Å². The fourth-order valence-electron chi connectivity index (χ4n) is 2.87. The number of carbonyl (C=O) groups excluding carboxylic acids is 1. The Morgan fingerprint density at radius 1 is 1.24 bits per heavy atom. The number of aliphatic hydroxyl groups is 1. The molecule has 29 heavy (non-hydrogen) atoms. The molecule has 1 fully saturated rings. The van der Waals surface area contributed by atoms with Crippen LogP contribution >= 0.6 is 0 Å². The first kappa shape index (κ1) is 21.2. The first-order valence-corrected chi connectivity index (χ1v) is 10.1. The molecule has 1 aromatic heterocycles. The number of aromatic nitrogens is 1. The van der Waals surface area contributed by atoms with Crippen molar-refractivity contribution in [1.29, 1.82) is 0 Å². The molecule has 1 aromatic carbocycles. The lowest BCUT2D eigenvalue weighted by Gasteiger charge is -2.11. The van der Waals surface area contributed by atoms with Gasteiger partial charge in [0.25, 0.3) is 0 Å². The third kappa shape index (κ3) is 4.92. The molecule has 0 bridgehead atoms. The molecule has 1 amide bonds. The van der Waals surface area contributed by atoms with Gasteiger partial charge in [-0.3, -0.25) is 9.78 Å². The smallest absolute Gasteiger partial charge is 0.392 e. The molecule has 3 rings (SSSR count). The summed E-state index contributed by atoms with van der Waals surface area (Å²) in [7, 11) is -4.18. The van der Waals surface area contributed by atoms with Crippen molar-refractivity contribution in [2.24, 2.45) is 0 Å². The van der Waals surface area contributed by atoms with Crippen molar-refractivity contribution >= 4 is 15.7 Å². The van der Waals surface area contributed by atoms with Gasteiger partial charge >= 0.3 is 6.18 Å². The van der Waals surface area contributed by atoms with Crippen LogP contribution in [0.4, 0.5) is 13.2 Å². The number of pyridine rings is 1. The third-order valence-electron chi connectivity index (χ3n) is 4.45. The van der Waals surface area contributed by atoms with Gasteiger partial charge in [-0.2, -0.15) is 13.2 Å². The van der Waals surface area contributed by atoms with Gasteiger partial charge in [-0.1, -0.05) is 6.07 Å². The van der Waals surface area contributed by atoms with Crippen LogP contribution in [0.15, 0.2) is 52.4 Å². The van der Waals surface area contributed by atoms with Gasteiger partial charge < -0.3 is 15.7 Å². The zero-order valence-electron chi connectivity index (χ0n) is 15.0. The lowest BCUT2D eigenvalue weighted by atomic mass is 10.2. The first-order valence-electron chi connectivity index (χ1n) is 8.64. The lowest BCUT2D eigenvalue weighted by Crippen LogP contribution is -2.40. The van der Waals surface area contributed by atoms with E-state index in [1.165, 1.54) is 12.1 Å². The van der Waals surface area contributed by atoms with Crippen molar-refractivity contribution in [1.82, 2.24) is 15.6 Å². The number of amides is 1. The summed E-state index contributed by atoms with van der Waals surface area (Å²) < 4.78 is 63.7. The van der Waals surface area contributed by atoms with E-state index in [0.29, 0.717) is 24.7 Å². The number of hydrogen-bond acceptors (Lipinski definition) is 6. The maximum absolute atomic E-state index is 12.8. The maximum atomic E-state index is 12.8. The Morgan fingerprint density at radius 3 is 2.59 bits per heavy atom. The van der Waals surface area contributed by atoms with Crippen LogP contribution in [-0.2, 0) is 27.4 Å². The largest absolute Gasteiger partial charge is 0.416 e. The number of hydrogen-bond donors (Lipinski definition) is 3. The van der Waals surface area contributed by atoms with Crippen LogP contribution < -0.4 is 10.6 Å². The van der Waals surface area contributed by atoms with E-state index in [1.807, 2.05) is 0 Å². The molecule has 11 heteroatoms. The Morgan fingerprint density at radius 2 is 2.00 bits per heavy atom. The number of nitrogens with one attached hydrogen (secondary N) is 2. The van der Waals surface area contributed by atoms with Crippen LogP contribution in [-0.4, -0.2) is 43.1 Å². The van der Waals surface area contributed by atoms with Gasteiger partial charge in [0.2, 0.25) is 15.7 Å². The Hall–Kier alpha value is -2.50. The summed E-state index contributed by atoms with van der Waals surface area (Å²) >= 11 is 0. The van der Waals surface area contributed by atoms with Gasteiger partial charge in [0.05, 0.1) is 39.7 Å². The van der Waals surface area contributed by atoms with E-state index in [0.717, 1.165) is 24.4 Å². The molecular weight excluding hydrogens is 411 g/mol. The zero-order valence-corrected chi connectivity index (χ0v) is 15.8. The molecule has 156 valence electrons. The summed E-state index contributed by atoms with van der Waals surface area (Å²) in [5, 5.41) is 14.9. The number of rotatable bonds is 5. The zero-order chi connectivity index (χ0) is 21.2. The molecule has 0 aliphatic carbocycles. The van der Waals surface area contributed by atoms with Gasteiger partial charge in [0.1, 0.15) is 0 Å². The first-order chi connectivity index (χ1) is 13.6. The minimum absolute atomic E-state index is 0.0387. The Balaban J connectivity index is 1.70. The normalized spacial score (nSPS) is 19.9. The summed E-state index contributed by atoms with van der Waals surface area (Å²) in [5.74, 6) is -0.316. The van der Waals surface area contributed by atoms with Gasteiger partial charge in [0.15, 0.2) is 0 Å². The van der Waals surface area contributed by atoms with Gasteiger partial charge in [-0.15, -0.1) is 0 Å². The van der Waals surface area contributed by atoms with E-state index in [2.05, 4.69) is 15.6 Å². The van der Waals surface area contributed by atoms with E-state index >= 15 is 0 Å². The second-order valence-corrected chi connectivity index (χ2v) is 8.53. The summed E-state index contributed by atoms with van der Waals surface area (Å²) in [4.78, 5) is 15.2. The summed E-state index contributed by atoms with van der Waals surface area (Å²) in [5.41, 5.74) is -0.684. The minimum Gasteiger partial charge on any atom is -0.392 e. The second-order valence-electron chi connectivity index (χ2n) is 6.58. The van der Waals surface area contributed by atoms with E-state index < -0.39 is 38.6 Å². The predicted octanol–water partition coefficient (Wildman–Crippen LogP) is 1.27. The van der Waals surface area contributed by atoms with E-state index in [4.69, 9.17) is 0 Å². The van der Waals surface area contributed by atoms with Crippen molar-refractivity contribution in [3.63, 3.8) is 0 Å². The van der Waals surface area contributed by atoms with E-state index in [-0.39, 0.29) is 17.3 Å². The highest BCUT2D eigenvalue weighted by molar-refractivity contribution is 7.91. The molecular formula is C18H18F3N3O4S. The monoisotopic (exact) mass is 429 g/mol. The highest BCUT2D eigenvalue weighted by atomic mass is 32.2. The number of sulfone groups is 1. The molecule has 0 saturated carbocycles. The number of benzene rings is 1. The predicted molar refractivity (Wildman–Crippen MR) is 95.4 cm³/mol. The lowest BCUT2D eigenvalue weighted by molar-refractivity contribution is -0.137. The van der Waals surface area contributed by atoms with Crippen LogP contribution in [0.3, 0.4) is 0 Å². The Kier molecular flexibility index (Phi) is 5.92. The molecule has 1 aliphatic rings. The SMILES string of the molecule is O=C(NCc1ccc(S(=O)(=O)c2cccc(C(F)(F)F)c2)cn1)C1C[C@@H](O)CN1. The fraction of sp³-hybridized carbons (Fsp3) is 0.333. The van der Waals surface area contributed by atoms with Crippen molar-refractivity contribution in [2.75, 3.05) is 6.54 Å². The molecule has 1 unspecified atom stereocenters. The Labute approximate surface area is 164 Å². The number of carbonyl (C=O) groups is 1. The van der Waals surface area contributed by atoms with Crippen LogP contribution in [0, 0.1) is 0 Å². The molecule has 2 aromatic rings. The number of β-amino-alcohol motifs (C(OH)–C–C–N with tert-alkyl or cyclic N) is 1. The average Bonchev–Trinajstić information content (AvgIpc) is 3.12. The molecule has 0 radical (unpaired) electrons. The van der Waals surface area contributed by atoms with Crippen LogP contribution in [0.5, 0.6) is 0 Å². The highest BCUT2D eigenvalue weighted by Gasteiger charge is 2.32. The van der Waals surface area contributed by atoms with Crippen molar-refractivity contribution in [3.8, 4) is 0 Å². The minimum atomic E-state index is -4.66. The van der Waals surface area contributed by atoms with Crippen molar-refractivity contribution in [2.45, 2.75) is 41.1 Å². The number of alkyl halides is 3. The van der Waals surface area contributed by atoms with Crippen LogP contribution in [0.25, 0.3) is 0 Å². The fourth-order valence-corrected chi connectivity index (χ4v) is 4.12. The molecule has 2 atom stereocenters. The summed E-state index contributed by atoms with van der Waals surface area (Å²) in [6.45, 7) is 0.370. The standard InChI is InChI=1S/C18H18F3N3O4S/c19-18(20,21)11-2-1-3-14(6-11)29(27,28)15-5-4-12(22-10-15)8-24-17(26)16-7-13(25)9-23-16/h1-6,10,13,16,23,25H,7-9H2,(H,24,26)/t13-,16?/m1/s1. The summed E-state index contributed by atoms with van der Waals surface area (Å²) in [6.07, 6.45) is -3.90. The number of aliphatic hydroxyl groups excluding tert-OH is 1. The quantitative estimate of drug-likeness (QED) is 0.661. The number of nitrogens with zero attached hydrogens (tertiary/aromatic N) is 1. The van der Waals surface area contributed by atoms with Gasteiger partial charge in [-0.05, 0) is 36.8 Å². The van der Waals surface area contributed by atoms with Crippen LogP contribution in [0.2, 0.25) is 0 Å². The second kappa shape index (κ2) is 8.09. The molecule has 1 saturated heterocycles. The molecule has 3 N–H and O–H groups in total. The maximum Gasteiger partial charge on any atom is 0.416 e. The van der Waals surface area contributed by atoms with Gasteiger partial charge in [0, 0.05) is 12.7 Å². The Bertz CT molecular complexity index is 994. The average molecular weight is 429 g/mol. The summed E-state index contributed by atoms with van der Waals surface area (Å²) in [6, 6.07) is 5.57. The molecule has 2 heterocycles. The third-order valence-corrected chi connectivity index (χ3v) is 6.18. The van der Waals surface area contributed by atoms with Crippen LogP contribution in [0.1, 0.15) is 17.7 Å². The van der Waals surface area contributed by atoms with E-state index in [1.54, 1.807) is 0 Å². The van der Waals surface area contributed by atoms with E-state index in [9.17, 15) is 31.5 Å². The van der Waals surface area contributed by atoms with Crippen molar-refractivity contribution in [3.05, 3.63) is 53.9 Å². The van der Waals surface area contributed by atoms with Crippen molar-refractivity contribution < 1.29 is 31.5 Å². The van der Waals surface area contributed by atoms with Gasteiger partial charge in [-0.25, -0.2) is 8.42 Å². The molecule has 7 nitrogen and oxygen atoms in total. The highest BCUT2D eigenvalue weighted by Crippen LogP contribution is 2.31. The number of halogens is 3. The molecule has 1 aliphatic heterocycles. The molecule has 0 spiro atoms.